The van der Waals surface area contributed by atoms with Crippen LogP contribution in [-0.2, 0) is 11.2 Å². The van der Waals surface area contributed by atoms with Gasteiger partial charge < -0.3 is 10.2 Å². The molecule has 7 heteroatoms. The quantitative estimate of drug-likeness (QED) is 0.715. The summed E-state index contributed by atoms with van der Waals surface area (Å²) in [4.78, 5) is 14.7. The summed E-state index contributed by atoms with van der Waals surface area (Å²) < 4.78 is 1.47. The molecule has 1 N–H and O–H groups in total. The van der Waals surface area contributed by atoms with E-state index < -0.39 is 0 Å². The number of nitrogens with one attached hydrogen (secondary N) is 1. The van der Waals surface area contributed by atoms with Crippen molar-refractivity contribution in [2.45, 2.75) is 51.5 Å². The summed E-state index contributed by atoms with van der Waals surface area (Å²) in [5, 5.41) is 3.36. The van der Waals surface area contributed by atoms with Crippen molar-refractivity contribution in [1.82, 2.24) is 10.2 Å². The average molecular weight is 400 g/mol. The van der Waals surface area contributed by atoms with E-state index in [1.165, 1.54) is 11.3 Å². The van der Waals surface area contributed by atoms with Crippen LogP contribution in [0.2, 0.25) is 8.67 Å². The maximum atomic E-state index is 12.6. The molecule has 0 spiro atoms. The van der Waals surface area contributed by atoms with Gasteiger partial charge in [0.05, 0.1) is 8.67 Å². The number of hydrogen-bond donors (Lipinski definition) is 1. The van der Waals surface area contributed by atoms with Gasteiger partial charge in [-0.1, -0.05) is 30.1 Å². The number of carbonyl (C=O) groups is 1. The predicted molar refractivity (Wildman–Crippen MR) is 102 cm³/mol. The minimum absolute atomic E-state index is 0. The van der Waals surface area contributed by atoms with E-state index >= 15 is 0 Å². The fourth-order valence-corrected chi connectivity index (χ4v) is 4.53. The highest BCUT2D eigenvalue weighted by atomic mass is 35.5. The summed E-state index contributed by atoms with van der Waals surface area (Å²) in [7, 11) is 0. The summed E-state index contributed by atoms with van der Waals surface area (Å²) >= 11 is 13.5. The standard InChI is InChI=1S/C16H24Cl2N2OS.ClH/c1-2-10-20(13-6-8-19-9-7-13)15(21)5-3-4-12-11-14(17)22-16(12)18;/h11,13,19H,2-10H2,1H3;1H. The third-order valence-corrected chi connectivity index (χ3v) is 5.67. The molecule has 1 aliphatic rings. The minimum Gasteiger partial charge on any atom is -0.340 e. The molecule has 0 saturated carbocycles. The number of halogens is 3. The van der Waals surface area contributed by atoms with E-state index in [9.17, 15) is 4.79 Å². The van der Waals surface area contributed by atoms with Crippen molar-refractivity contribution in [3.05, 3.63) is 20.3 Å². The molecule has 1 saturated heterocycles. The highest BCUT2D eigenvalue weighted by Crippen LogP contribution is 2.32. The van der Waals surface area contributed by atoms with Gasteiger partial charge in [0.15, 0.2) is 0 Å². The molecule has 0 radical (unpaired) electrons. The molecular weight excluding hydrogens is 375 g/mol. The Morgan fingerprint density at radius 1 is 1.39 bits per heavy atom. The molecule has 3 nitrogen and oxygen atoms in total. The highest BCUT2D eigenvalue weighted by Gasteiger charge is 2.24. The Hall–Kier alpha value is -0.000000000000000167. The van der Waals surface area contributed by atoms with Gasteiger partial charge in [-0.25, -0.2) is 0 Å². The number of piperidine rings is 1. The van der Waals surface area contributed by atoms with Crippen LogP contribution in [0.3, 0.4) is 0 Å². The van der Waals surface area contributed by atoms with E-state index in [-0.39, 0.29) is 18.3 Å². The van der Waals surface area contributed by atoms with Crippen molar-refractivity contribution in [1.29, 1.82) is 0 Å². The first-order valence-corrected chi connectivity index (χ1v) is 9.63. The van der Waals surface area contributed by atoms with Crippen molar-refractivity contribution < 1.29 is 4.79 Å². The fraction of sp³-hybridized carbons (Fsp3) is 0.688. The molecule has 23 heavy (non-hydrogen) atoms. The first kappa shape index (κ1) is 21.0. The van der Waals surface area contributed by atoms with E-state index in [2.05, 4.69) is 17.1 Å². The zero-order valence-electron chi connectivity index (χ0n) is 13.4. The SMILES string of the molecule is CCCN(C(=O)CCCc1cc(Cl)sc1Cl)C1CCNCC1.Cl. The van der Waals surface area contributed by atoms with Gasteiger partial charge in [0.2, 0.25) is 5.91 Å². The van der Waals surface area contributed by atoms with Crippen molar-refractivity contribution >= 4 is 52.9 Å². The zero-order chi connectivity index (χ0) is 15.9. The summed E-state index contributed by atoms with van der Waals surface area (Å²) in [5.74, 6) is 0.284. The van der Waals surface area contributed by atoms with Gasteiger partial charge in [0, 0.05) is 19.0 Å². The third kappa shape index (κ3) is 6.43. The average Bonchev–Trinajstić information content (AvgIpc) is 2.83. The topological polar surface area (TPSA) is 32.3 Å². The minimum atomic E-state index is 0. The second-order valence-corrected chi connectivity index (χ2v) is 8.06. The molecule has 0 bridgehead atoms. The number of hydrogen-bond acceptors (Lipinski definition) is 3. The Morgan fingerprint density at radius 3 is 2.65 bits per heavy atom. The number of thiophene rings is 1. The van der Waals surface area contributed by atoms with Crippen LogP contribution in [0, 0.1) is 0 Å². The van der Waals surface area contributed by atoms with Crippen molar-refractivity contribution in [3.63, 3.8) is 0 Å². The second kappa shape index (κ2) is 10.8. The molecular formula is C16H25Cl3N2OS. The molecule has 1 amide bonds. The lowest BCUT2D eigenvalue weighted by Crippen LogP contribution is -2.46. The number of carbonyl (C=O) groups excluding carboxylic acids is 1. The van der Waals surface area contributed by atoms with Crippen LogP contribution in [-0.4, -0.2) is 36.5 Å². The smallest absolute Gasteiger partial charge is 0.222 e. The Balaban J connectivity index is 0.00000264. The normalized spacial score (nSPS) is 15.3. The summed E-state index contributed by atoms with van der Waals surface area (Å²) in [5.41, 5.74) is 1.06. The molecule has 0 unspecified atom stereocenters. The van der Waals surface area contributed by atoms with Gasteiger partial charge in [-0.15, -0.1) is 23.7 Å². The Labute approximate surface area is 159 Å². The number of aryl methyl sites for hydroxylation is 1. The maximum absolute atomic E-state index is 12.6. The number of rotatable bonds is 7. The van der Waals surface area contributed by atoms with Crippen LogP contribution in [0.25, 0.3) is 0 Å². The Bertz CT molecular complexity index is 490. The van der Waals surface area contributed by atoms with Gasteiger partial charge in [-0.2, -0.15) is 0 Å². The molecule has 1 aromatic rings. The molecule has 132 valence electrons. The van der Waals surface area contributed by atoms with Crippen LogP contribution < -0.4 is 5.32 Å². The second-order valence-electron chi connectivity index (χ2n) is 5.77. The Morgan fingerprint density at radius 2 is 2.09 bits per heavy atom. The fourth-order valence-electron chi connectivity index (χ4n) is 2.99. The van der Waals surface area contributed by atoms with Crippen LogP contribution in [0.15, 0.2) is 6.07 Å². The summed E-state index contributed by atoms with van der Waals surface area (Å²) in [6, 6.07) is 2.32. The van der Waals surface area contributed by atoms with E-state index in [1.807, 2.05) is 6.07 Å². The molecule has 2 rings (SSSR count). The zero-order valence-corrected chi connectivity index (χ0v) is 16.6. The third-order valence-electron chi connectivity index (χ3n) is 4.10. The first-order valence-electron chi connectivity index (χ1n) is 8.05. The molecule has 2 heterocycles. The van der Waals surface area contributed by atoms with Gasteiger partial charge in [0.25, 0.3) is 0 Å². The molecule has 0 aromatic carbocycles. The molecule has 1 fully saturated rings. The maximum Gasteiger partial charge on any atom is 0.222 e. The monoisotopic (exact) mass is 398 g/mol. The molecule has 1 aromatic heterocycles. The Kier molecular flexibility index (Phi) is 9.86. The van der Waals surface area contributed by atoms with E-state index in [0.717, 1.165) is 61.6 Å². The highest BCUT2D eigenvalue weighted by molar-refractivity contribution is 7.20. The van der Waals surface area contributed by atoms with E-state index in [1.54, 1.807) is 0 Å². The first-order chi connectivity index (χ1) is 10.6. The van der Waals surface area contributed by atoms with Crippen molar-refractivity contribution in [3.8, 4) is 0 Å². The lowest BCUT2D eigenvalue weighted by molar-refractivity contribution is -0.134. The van der Waals surface area contributed by atoms with Crippen molar-refractivity contribution in [2.75, 3.05) is 19.6 Å². The van der Waals surface area contributed by atoms with Gasteiger partial charge in [-0.05, 0) is 56.8 Å². The van der Waals surface area contributed by atoms with Crippen LogP contribution >= 0.6 is 46.9 Å². The van der Waals surface area contributed by atoms with Gasteiger partial charge in [-0.3, -0.25) is 4.79 Å². The molecule has 0 aliphatic carbocycles. The van der Waals surface area contributed by atoms with Crippen LogP contribution in [0.5, 0.6) is 0 Å². The molecule has 0 atom stereocenters. The van der Waals surface area contributed by atoms with E-state index in [0.29, 0.717) is 16.8 Å². The van der Waals surface area contributed by atoms with Gasteiger partial charge in [0.1, 0.15) is 0 Å². The molecule has 1 aliphatic heterocycles. The van der Waals surface area contributed by atoms with Crippen LogP contribution in [0.4, 0.5) is 0 Å². The summed E-state index contributed by atoms with van der Waals surface area (Å²) in [6.07, 6.45) is 5.39. The lowest BCUT2D eigenvalue weighted by Gasteiger charge is -2.34. The predicted octanol–water partition coefficient (Wildman–Crippen LogP) is 4.79. The number of amides is 1. The number of nitrogens with zero attached hydrogens (tertiary/aromatic N) is 1. The van der Waals surface area contributed by atoms with Gasteiger partial charge >= 0.3 is 0 Å². The van der Waals surface area contributed by atoms with Crippen LogP contribution in [0.1, 0.15) is 44.6 Å². The lowest BCUT2D eigenvalue weighted by atomic mass is 10.0. The van der Waals surface area contributed by atoms with E-state index in [4.69, 9.17) is 23.2 Å². The van der Waals surface area contributed by atoms with Crippen molar-refractivity contribution in [2.24, 2.45) is 0 Å². The largest absolute Gasteiger partial charge is 0.340 e. The summed E-state index contributed by atoms with van der Waals surface area (Å²) in [6.45, 7) is 5.03.